The summed E-state index contributed by atoms with van der Waals surface area (Å²) in [6.07, 6.45) is 10.6. The third-order valence-electron chi connectivity index (χ3n) is 4.64. The predicted molar refractivity (Wildman–Crippen MR) is 65.3 cm³/mol. The van der Waals surface area contributed by atoms with Crippen molar-refractivity contribution in [2.45, 2.75) is 44.8 Å². The highest BCUT2D eigenvalue weighted by molar-refractivity contribution is 5.10. The van der Waals surface area contributed by atoms with Crippen molar-refractivity contribution in [3.05, 3.63) is 12.2 Å². The van der Waals surface area contributed by atoms with Crippen LogP contribution in [0.4, 0.5) is 0 Å². The Morgan fingerprint density at radius 1 is 1.38 bits per heavy atom. The number of hydrogen-bond acceptors (Lipinski definition) is 2. The molecule has 1 N–H and O–H groups in total. The van der Waals surface area contributed by atoms with Gasteiger partial charge in [-0.3, -0.25) is 0 Å². The number of ether oxygens (including phenoxy) is 1. The molecule has 2 nitrogen and oxygen atoms in total. The zero-order valence-electron chi connectivity index (χ0n) is 10.2. The SMILES string of the molecule is C[C@H](NC[C@H]1C[C@H]2C=C[C@H]1C2)[C@H]1CCCO1. The molecule has 2 heteroatoms. The van der Waals surface area contributed by atoms with E-state index >= 15 is 0 Å². The summed E-state index contributed by atoms with van der Waals surface area (Å²) in [7, 11) is 0. The normalized spacial score (nSPS) is 43.1. The number of fused-ring (bicyclic) bond motifs is 2. The number of allylic oxidation sites excluding steroid dienone is 2. The van der Waals surface area contributed by atoms with Crippen molar-refractivity contribution in [1.29, 1.82) is 0 Å². The second kappa shape index (κ2) is 4.50. The molecule has 2 fully saturated rings. The van der Waals surface area contributed by atoms with E-state index in [0.29, 0.717) is 12.1 Å². The van der Waals surface area contributed by atoms with Crippen LogP contribution in [0, 0.1) is 17.8 Å². The first-order valence-electron chi connectivity index (χ1n) is 6.86. The Morgan fingerprint density at radius 2 is 2.31 bits per heavy atom. The van der Waals surface area contributed by atoms with E-state index in [1.165, 1.54) is 32.2 Å². The second-order valence-electron chi connectivity index (χ2n) is 5.79. The molecule has 1 saturated heterocycles. The first-order chi connectivity index (χ1) is 7.83. The van der Waals surface area contributed by atoms with Gasteiger partial charge in [0.05, 0.1) is 6.10 Å². The summed E-state index contributed by atoms with van der Waals surface area (Å²) in [6.45, 7) is 4.43. The van der Waals surface area contributed by atoms with E-state index in [2.05, 4.69) is 24.4 Å². The third kappa shape index (κ3) is 2.05. The maximum Gasteiger partial charge on any atom is 0.0726 e. The van der Waals surface area contributed by atoms with Crippen LogP contribution >= 0.6 is 0 Å². The van der Waals surface area contributed by atoms with Crippen molar-refractivity contribution >= 4 is 0 Å². The van der Waals surface area contributed by atoms with Gasteiger partial charge in [0.25, 0.3) is 0 Å². The zero-order valence-corrected chi connectivity index (χ0v) is 10.2. The highest BCUT2D eigenvalue weighted by Crippen LogP contribution is 2.43. The number of nitrogens with one attached hydrogen (secondary N) is 1. The quantitative estimate of drug-likeness (QED) is 0.736. The van der Waals surface area contributed by atoms with Crippen molar-refractivity contribution in [2.24, 2.45) is 17.8 Å². The van der Waals surface area contributed by atoms with Crippen molar-refractivity contribution in [3.8, 4) is 0 Å². The largest absolute Gasteiger partial charge is 0.377 e. The van der Waals surface area contributed by atoms with Gasteiger partial charge in [-0.2, -0.15) is 0 Å². The summed E-state index contributed by atoms with van der Waals surface area (Å²) >= 11 is 0. The van der Waals surface area contributed by atoms with Crippen LogP contribution in [0.1, 0.15) is 32.6 Å². The summed E-state index contributed by atoms with van der Waals surface area (Å²) in [5, 5.41) is 3.69. The Hall–Kier alpha value is -0.340. The summed E-state index contributed by atoms with van der Waals surface area (Å²) in [5.74, 6) is 2.66. The molecule has 3 aliphatic rings. The average Bonchev–Trinajstić information content (AvgIpc) is 3.01. The molecule has 90 valence electrons. The lowest BCUT2D eigenvalue weighted by Gasteiger charge is -2.24. The van der Waals surface area contributed by atoms with Gasteiger partial charge >= 0.3 is 0 Å². The fourth-order valence-electron chi connectivity index (χ4n) is 3.59. The maximum atomic E-state index is 5.72. The van der Waals surface area contributed by atoms with Gasteiger partial charge in [0.2, 0.25) is 0 Å². The summed E-state index contributed by atoms with van der Waals surface area (Å²) < 4.78 is 5.72. The van der Waals surface area contributed by atoms with Crippen LogP contribution in [0.5, 0.6) is 0 Å². The molecule has 1 aliphatic heterocycles. The van der Waals surface area contributed by atoms with E-state index in [1.54, 1.807) is 0 Å². The standard InChI is InChI=1S/C14H23NO/c1-10(14-3-2-6-16-14)15-9-13-8-11-4-5-12(13)7-11/h4-5,10-15H,2-3,6-9H2,1H3/t10-,11-,12-,13+,14+/m0/s1. The second-order valence-corrected chi connectivity index (χ2v) is 5.79. The minimum Gasteiger partial charge on any atom is -0.377 e. The fraction of sp³-hybridized carbons (Fsp3) is 0.857. The molecule has 0 aromatic carbocycles. The molecule has 5 atom stereocenters. The Balaban J connectivity index is 1.44. The Morgan fingerprint density at radius 3 is 2.94 bits per heavy atom. The van der Waals surface area contributed by atoms with Crippen molar-refractivity contribution in [1.82, 2.24) is 5.32 Å². The predicted octanol–water partition coefficient (Wildman–Crippen LogP) is 2.36. The zero-order chi connectivity index (χ0) is 11.0. The summed E-state index contributed by atoms with van der Waals surface area (Å²) in [4.78, 5) is 0. The minimum atomic E-state index is 0.467. The minimum absolute atomic E-state index is 0.467. The molecule has 2 aliphatic carbocycles. The molecule has 0 aromatic heterocycles. The van der Waals surface area contributed by atoms with Gasteiger partial charge in [-0.1, -0.05) is 12.2 Å². The lowest BCUT2D eigenvalue weighted by atomic mass is 9.93. The highest BCUT2D eigenvalue weighted by Gasteiger charge is 2.35. The topological polar surface area (TPSA) is 21.3 Å². The number of hydrogen-bond donors (Lipinski definition) is 1. The molecule has 0 unspecified atom stereocenters. The lowest BCUT2D eigenvalue weighted by Crippen LogP contribution is -2.40. The van der Waals surface area contributed by atoms with E-state index in [-0.39, 0.29) is 0 Å². The maximum absolute atomic E-state index is 5.72. The Labute approximate surface area is 98.4 Å². The molecular weight excluding hydrogens is 198 g/mol. The van der Waals surface area contributed by atoms with Crippen LogP contribution in [0.2, 0.25) is 0 Å². The highest BCUT2D eigenvalue weighted by atomic mass is 16.5. The van der Waals surface area contributed by atoms with Crippen LogP contribution in [-0.2, 0) is 4.74 Å². The van der Waals surface area contributed by atoms with E-state index in [0.717, 1.165) is 24.4 Å². The smallest absolute Gasteiger partial charge is 0.0726 e. The molecule has 16 heavy (non-hydrogen) atoms. The van der Waals surface area contributed by atoms with Crippen LogP contribution < -0.4 is 5.32 Å². The van der Waals surface area contributed by atoms with Crippen molar-refractivity contribution in [3.63, 3.8) is 0 Å². The molecule has 2 bridgehead atoms. The van der Waals surface area contributed by atoms with Gasteiger partial charge in [0.1, 0.15) is 0 Å². The third-order valence-corrected chi connectivity index (χ3v) is 4.64. The van der Waals surface area contributed by atoms with Crippen LogP contribution in [0.15, 0.2) is 12.2 Å². The first-order valence-corrected chi connectivity index (χ1v) is 6.86. The Kier molecular flexibility index (Phi) is 3.03. The van der Waals surface area contributed by atoms with Crippen LogP contribution in [-0.4, -0.2) is 25.3 Å². The van der Waals surface area contributed by atoms with E-state index in [9.17, 15) is 0 Å². The van der Waals surface area contributed by atoms with Gasteiger partial charge in [-0.05, 0) is 56.9 Å². The molecule has 0 aromatic rings. The van der Waals surface area contributed by atoms with E-state index in [1.807, 2.05) is 0 Å². The van der Waals surface area contributed by atoms with E-state index in [4.69, 9.17) is 4.74 Å². The Bertz CT molecular complexity index is 270. The molecule has 3 rings (SSSR count). The van der Waals surface area contributed by atoms with Gasteiger partial charge in [-0.15, -0.1) is 0 Å². The van der Waals surface area contributed by atoms with Gasteiger partial charge in [-0.25, -0.2) is 0 Å². The molecule has 0 amide bonds. The molecule has 0 radical (unpaired) electrons. The summed E-state index contributed by atoms with van der Waals surface area (Å²) in [5.41, 5.74) is 0. The van der Waals surface area contributed by atoms with Crippen molar-refractivity contribution in [2.75, 3.05) is 13.2 Å². The average molecular weight is 221 g/mol. The van der Waals surface area contributed by atoms with Crippen LogP contribution in [0.3, 0.4) is 0 Å². The van der Waals surface area contributed by atoms with Crippen LogP contribution in [0.25, 0.3) is 0 Å². The van der Waals surface area contributed by atoms with Gasteiger partial charge in [0.15, 0.2) is 0 Å². The molecule has 1 heterocycles. The van der Waals surface area contributed by atoms with Gasteiger partial charge < -0.3 is 10.1 Å². The molecular formula is C14H23NO. The molecule has 0 spiro atoms. The fourth-order valence-corrected chi connectivity index (χ4v) is 3.59. The van der Waals surface area contributed by atoms with E-state index < -0.39 is 0 Å². The van der Waals surface area contributed by atoms with Crippen molar-refractivity contribution < 1.29 is 4.74 Å². The molecule has 1 saturated carbocycles. The summed E-state index contributed by atoms with van der Waals surface area (Å²) in [6, 6.07) is 0.533. The lowest BCUT2D eigenvalue weighted by molar-refractivity contribution is 0.0818. The van der Waals surface area contributed by atoms with Gasteiger partial charge in [0, 0.05) is 12.6 Å². The number of rotatable bonds is 4. The first kappa shape index (κ1) is 10.8. The monoisotopic (exact) mass is 221 g/mol.